The molecule has 0 aromatic carbocycles. The number of anilines is 1. The fraction of sp³-hybridized carbons (Fsp3) is 0.400. The summed E-state index contributed by atoms with van der Waals surface area (Å²) in [4.78, 5) is 10.9. The van der Waals surface area contributed by atoms with Gasteiger partial charge in [0.25, 0.3) is 0 Å². The summed E-state index contributed by atoms with van der Waals surface area (Å²) in [7, 11) is 2.02. The summed E-state index contributed by atoms with van der Waals surface area (Å²) in [5, 5.41) is 6.16. The van der Waals surface area contributed by atoms with E-state index < -0.39 is 0 Å². The van der Waals surface area contributed by atoms with Gasteiger partial charge in [-0.3, -0.25) is 0 Å². The average molecular weight is 274 g/mol. The fourth-order valence-electron chi connectivity index (χ4n) is 1.32. The Kier molecular flexibility index (Phi) is 3.78. The first-order chi connectivity index (χ1) is 7.69. The van der Waals surface area contributed by atoms with Crippen LogP contribution in [0.15, 0.2) is 10.8 Å². The van der Waals surface area contributed by atoms with Crippen molar-refractivity contribution < 1.29 is 0 Å². The summed E-state index contributed by atoms with van der Waals surface area (Å²) < 4.78 is 0. The van der Waals surface area contributed by atoms with Gasteiger partial charge < -0.3 is 4.90 Å². The van der Waals surface area contributed by atoms with Crippen LogP contribution in [0.25, 0.3) is 0 Å². The van der Waals surface area contributed by atoms with Crippen LogP contribution in [-0.2, 0) is 12.4 Å². The van der Waals surface area contributed by atoms with Gasteiger partial charge in [0.2, 0.25) is 0 Å². The van der Waals surface area contributed by atoms with Crippen LogP contribution in [0.4, 0.5) is 5.13 Å². The molecule has 2 heterocycles. The Morgan fingerprint density at radius 2 is 2.00 bits per heavy atom. The largest absolute Gasteiger partial charge is 0.345 e. The monoisotopic (exact) mass is 273 g/mol. The molecular weight excluding hydrogens is 262 g/mol. The van der Waals surface area contributed by atoms with E-state index in [0.29, 0.717) is 5.88 Å². The van der Waals surface area contributed by atoms with Crippen LogP contribution < -0.4 is 4.90 Å². The number of hydrogen-bond acceptors (Lipinski definition) is 5. The topological polar surface area (TPSA) is 29.0 Å². The molecule has 0 fully saturated rings. The normalized spacial score (nSPS) is 10.7. The lowest BCUT2D eigenvalue weighted by molar-refractivity contribution is 0.880. The van der Waals surface area contributed by atoms with Crippen molar-refractivity contribution in [2.24, 2.45) is 0 Å². The highest BCUT2D eigenvalue weighted by Crippen LogP contribution is 2.22. The smallest absolute Gasteiger partial charge is 0.185 e. The molecule has 86 valence electrons. The highest BCUT2D eigenvalue weighted by molar-refractivity contribution is 7.13. The molecule has 16 heavy (non-hydrogen) atoms. The summed E-state index contributed by atoms with van der Waals surface area (Å²) in [6.07, 6.45) is 0. The maximum Gasteiger partial charge on any atom is 0.185 e. The van der Waals surface area contributed by atoms with Gasteiger partial charge in [-0.2, -0.15) is 0 Å². The van der Waals surface area contributed by atoms with Crippen molar-refractivity contribution in [3.8, 4) is 0 Å². The van der Waals surface area contributed by atoms with Crippen molar-refractivity contribution in [3.05, 3.63) is 27.2 Å². The Morgan fingerprint density at radius 1 is 1.25 bits per heavy atom. The molecule has 2 aromatic heterocycles. The molecule has 0 aliphatic heterocycles. The lowest BCUT2D eigenvalue weighted by Crippen LogP contribution is -2.16. The van der Waals surface area contributed by atoms with Crippen LogP contribution in [0.2, 0.25) is 0 Å². The van der Waals surface area contributed by atoms with Crippen molar-refractivity contribution in [1.29, 1.82) is 0 Å². The molecule has 2 rings (SSSR count). The SMILES string of the molecule is Cc1nc(CN(C)c2nc(CCl)cs2)cs1. The van der Waals surface area contributed by atoms with Crippen molar-refractivity contribution in [2.45, 2.75) is 19.3 Å². The highest BCUT2D eigenvalue weighted by Gasteiger charge is 2.08. The number of nitrogens with zero attached hydrogens (tertiary/aromatic N) is 3. The van der Waals surface area contributed by atoms with Crippen molar-refractivity contribution in [2.75, 3.05) is 11.9 Å². The quantitative estimate of drug-likeness (QED) is 0.801. The van der Waals surface area contributed by atoms with Crippen LogP contribution >= 0.6 is 34.3 Å². The second-order valence-corrected chi connectivity index (χ2v) is 5.64. The second kappa shape index (κ2) is 5.12. The zero-order chi connectivity index (χ0) is 11.5. The van der Waals surface area contributed by atoms with Gasteiger partial charge in [0, 0.05) is 17.8 Å². The van der Waals surface area contributed by atoms with E-state index in [4.69, 9.17) is 11.6 Å². The molecule has 0 amide bonds. The summed E-state index contributed by atoms with van der Waals surface area (Å²) >= 11 is 9.01. The van der Waals surface area contributed by atoms with Gasteiger partial charge in [-0.1, -0.05) is 0 Å². The molecule has 6 heteroatoms. The molecule has 0 aliphatic carbocycles. The zero-order valence-corrected chi connectivity index (χ0v) is 11.5. The first kappa shape index (κ1) is 11.8. The lowest BCUT2D eigenvalue weighted by atomic mass is 10.4. The Bertz CT molecular complexity index is 466. The number of aromatic nitrogens is 2. The predicted octanol–water partition coefficient (Wildman–Crippen LogP) is 3.28. The molecule has 3 nitrogen and oxygen atoms in total. The summed E-state index contributed by atoms with van der Waals surface area (Å²) in [5.41, 5.74) is 2.02. The van der Waals surface area contributed by atoms with Crippen LogP contribution in [-0.4, -0.2) is 17.0 Å². The molecule has 0 radical (unpaired) electrons. The van der Waals surface area contributed by atoms with Crippen molar-refractivity contribution >= 4 is 39.4 Å². The first-order valence-corrected chi connectivity index (χ1v) is 7.11. The van der Waals surface area contributed by atoms with E-state index in [1.54, 1.807) is 22.7 Å². The standard InChI is InChI=1S/C10H12ClN3S2/c1-7-12-9(6-15-7)4-14(2)10-13-8(3-11)5-16-10/h5-6H,3-4H2,1-2H3. The molecule has 2 aromatic rings. The fourth-order valence-corrected chi connectivity index (χ4v) is 2.95. The maximum atomic E-state index is 5.72. The van der Waals surface area contributed by atoms with Gasteiger partial charge in [-0.05, 0) is 6.92 Å². The first-order valence-electron chi connectivity index (χ1n) is 4.81. The minimum absolute atomic E-state index is 0.472. The van der Waals surface area contributed by atoms with Gasteiger partial charge in [0.15, 0.2) is 5.13 Å². The second-order valence-electron chi connectivity index (χ2n) is 3.47. The minimum atomic E-state index is 0.472. The summed E-state index contributed by atoms with van der Waals surface area (Å²) in [6.45, 7) is 2.81. The van der Waals surface area contributed by atoms with Crippen LogP contribution in [0.5, 0.6) is 0 Å². The summed E-state index contributed by atoms with van der Waals surface area (Å²) in [6, 6.07) is 0. The number of thiazole rings is 2. The highest BCUT2D eigenvalue weighted by atomic mass is 35.5. The Balaban J connectivity index is 2.05. The van der Waals surface area contributed by atoms with Crippen molar-refractivity contribution in [1.82, 2.24) is 9.97 Å². The molecule has 0 saturated heterocycles. The average Bonchev–Trinajstić information content (AvgIpc) is 2.87. The third kappa shape index (κ3) is 2.72. The number of rotatable bonds is 4. The van der Waals surface area contributed by atoms with Gasteiger partial charge in [-0.15, -0.1) is 34.3 Å². The zero-order valence-electron chi connectivity index (χ0n) is 9.11. The maximum absolute atomic E-state index is 5.72. The molecule has 0 N–H and O–H groups in total. The van der Waals surface area contributed by atoms with E-state index in [1.807, 2.05) is 19.4 Å². The van der Waals surface area contributed by atoms with E-state index in [1.165, 1.54) is 0 Å². The lowest BCUT2D eigenvalue weighted by Gasteiger charge is -2.13. The Labute approximate surface area is 108 Å². The Morgan fingerprint density at radius 3 is 2.56 bits per heavy atom. The third-order valence-electron chi connectivity index (χ3n) is 2.07. The molecule has 0 bridgehead atoms. The molecule has 0 spiro atoms. The van der Waals surface area contributed by atoms with Crippen LogP contribution in [0.3, 0.4) is 0 Å². The van der Waals surface area contributed by atoms with Gasteiger partial charge in [0.1, 0.15) is 0 Å². The van der Waals surface area contributed by atoms with Crippen LogP contribution in [0, 0.1) is 6.92 Å². The van der Waals surface area contributed by atoms with Crippen molar-refractivity contribution in [3.63, 3.8) is 0 Å². The van der Waals surface area contributed by atoms with E-state index >= 15 is 0 Å². The minimum Gasteiger partial charge on any atom is -0.345 e. The van der Waals surface area contributed by atoms with Crippen LogP contribution in [0.1, 0.15) is 16.4 Å². The molecule has 0 atom stereocenters. The molecule has 0 saturated carbocycles. The van der Waals surface area contributed by atoms with Gasteiger partial charge >= 0.3 is 0 Å². The predicted molar refractivity (Wildman–Crippen MR) is 70.6 cm³/mol. The third-order valence-corrected chi connectivity index (χ3v) is 4.17. The number of halogens is 1. The Hall–Kier alpha value is -0.650. The number of hydrogen-bond donors (Lipinski definition) is 0. The summed E-state index contributed by atoms with van der Waals surface area (Å²) in [5.74, 6) is 0.472. The number of alkyl halides is 1. The van der Waals surface area contributed by atoms with E-state index in [2.05, 4.69) is 20.2 Å². The van der Waals surface area contributed by atoms with Gasteiger partial charge in [0.05, 0.1) is 28.8 Å². The van der Waals surface area contributed by atoms with Gasteiger partial charge in [-0.25, -0.2) is 9.97 Å². The molecule has 0 unspecified atom stereocenters. The van der Waals surface area contributed by atoms with E-state index in [-0.39, 0.29) is 0 Å². The van der Waals surface area contributed by atoms with E-state index in [0.717, 1.165) is 28.1 Å². The molecule has 0 aliphatic rings. The van der Waals surface area contributed by atoms with E-state index in [9.17, 15) is 0 Å². The molecular formula is C10H12ClN3S2. The number of aryl methyl sites for hydroxylation is 1.